The minimum Gasteiger partial charge on any atom is -0.259 e. The Kier molecular flexibility index (Phi) is 1.69. The highest BCUT2D eigenvalue weighted by Gasteiger charge is 2.02. The van der Waals surface area contributed by atoms with E-state index in [-0.39, 0.29) is 0 Å². The van der Waals surface area contributed by atoms with Gasteiger partial charge in [0.2, 0.25) is 6.08 Å². The molecule has 0 aliphatic heterocycles. The number of nitrogens with zero attached hydrogens (tertiary/aromatic N) is 2. The summed E-state index contributed by atoms with van der Waals surface area (Å²) < 4.78 is 0. The first-order valence-electron chi connectivity index (χ1n) is 3.84. The predicted molar refractivity (Wildman–Crippen MR) is 48.6 cm³/mol. The van der Waals surface area contributed by atoms with Crippen LogP contribution in [0, 0.1) is 6.92 Å². The molecule has 0 unspecified atom stereocenters. The molecular formula is C9H7N3O. The van der Waals surface area contributed by atoms with E-state index in [1.54, 1.807) is 0 Å². The molecule has 2 rings (SSSR count). The van der Waals surface area contributed by atoms with Crippen molar-refractivity contribution in [3.63, 3.8) is 0 Å². The second-order valence-electron chi connectivity index (χ2n) is 2.80. The number of hydrogen-bond acceptors (Lipinski definition) is 3. The molecule has 0 saturated carbocycles. The van der Waals surface area contributed by atoms with Crippen LogP contribution in [-0.4, -0.2) is 16.3 Å². The fourth-order valence-corrected chi connectivity index (χ4v) is 1.24. The van der Waals surface area contributed by atoms with Crippen molar-refractivity contribution in [3.8, 4) is 0 Å². The van der Waals surface area contributed by atoms with E-state index in [9.17, 15) is 4.79 Å². The van der Waals surface area contributed by atoms with Gasteiger partial charge in [-0.1, -0.05) is 6.07 Å². The lowest BCUT2D eigenvalue weighted by atomic mass is 10.2. The van der Waals surface area contributed by atoms with E-state index in [0.29, 0.717) is 5.82 Å². The number of isocyanates is 1. The highest BCUT2D eigenvalue weighted by Crippen LogP contribution is 2.22. The molecule has 0 radical (unpaired) electrons. The van der Waals surface area contributed by atoms with E-state index < -0.39 is 0 Å². The Labute approximate surface area is 74.3 Å². The lowest BCUT2D eigenvalue weighted by Gasteiger charge is -1.90. The van der Waals surface area contributed by atoms with Crippen molar-refractivity contribution < 1.29 is 4.79 Å². The molecule has 4 heteroatoms. The molecule has 2 aromatic rings. The van der Waals surface area contributed by atoms with Gasteiger partial charge in [-0.25, -0.2) is 4.79 Å². The Morgan fingerprint density at radius 3 is 3.15 bits per heavy atom. The quantitative estimate of drug-likeness (QED) is 0.528. The fourth-order valence-electron chi connectivity index (χ4n) is 1.24. The molecular weight excluding hydrogens is 166 g/mol. The molecule has 0 fully saturated rings. The Bertz CT molecular complexity index is 495. The van der Waals surface area contributed by atoms with Gasteiger partial charge >= 0.3 is 0 Å². The standard InChI is InChI=1S/C9H7N3O/c1-6-2-3-7-8(4-6)11-12-9(7)10-5-13/h2-4H,1H3,(H,11,12). The van der Waals surface area contributed by atoms with Crippen LogP contribution in [0.2, 0.25) is 0 Å². The second-order valence-corrected chi connectivity index (χ2v) is 2.80. The lowest BCUT2D eigenvalue weighted by molar-refractivity contribution is 0.565. The van der Waals surface area contributed by atoms with E-state index in [1.165, 1.54) is 6.08 Å². The molecule has 0 amide bonds. The zero-order chi connectivity index (χ0) is 9.26. The summed E-state index contributed by atoms with van der Waals surface area (Å²) in [5.41, 5.74) is 1.94. The first kappa shape index (κ1) is 7.71. The maximum atomic E-state index is 10.0. The number of aliphatic imine (C=N–C) groups is 1. The number of H-pyrrole nitrogens is 1. The minimum absolute atomic E-state index is 0.463. The molecule has 0 aliphatic carbocycles. The molecule has 4 nitrogen and oxygen atoms in total. The van der Waals surface area contributed by atoms with Crippen molar-refractivity contribution in [3.05, 3.63) is 23.8 Å². The Morgan fingerprint density at radius 1 is 1.54 bits per heavy atom. The Hall–Kier alpha value is -1.93. The predicted octanol–water partition coefficient (Wildman–Crippen LogP) is 1.84. The first-order valence-corrected chi connectivity index (χ1v) is 3.84. The van der Waals surface area contributed by atoms with E-state index >= 15 is 0 Å². The summed E-state index contributed by atoms with van der Waals surface area (Å²) in [7, 11) is 0. The number of aromatic nitrogens is 2. The Morgan fingerprint density at radius 2 is 2.38 bits per heavy atom. The SMILES string of the molecule is Cc1ccc2c(N=C=O)[nH]nc2c1. The highest BCUT2D eigenvalue weighted by atomic mass is 16.1. The van der Waals surface area contributed by atoms with Crippen LogP contribution in [0.5, 0.6) is 0 Å². The van der Waals surface area contributed by atoms with Crippen LogP contribution in [0.1, 0.15) is 5.56 Å². The number of nitrogens with one attached hydrogen (secondary N) is 1. The van der Waals surface area contributed by atoms with Crippen LogP contribution in [-0.2, 0) is 4.79 Å². The van der Waals surface area contributed by atoms with Crippen LogP contribution < -0.4 is 0 Å². The summed E-state index contributed by atoms with van der Waals surface area (Å²) in [6.45, 7) is 1.98. The molecule has 1 N–H and O–H groups in total. The van der Waals surface area contributed by atoms with Crippen LogP contribution in [0.3, 0.4) is 0 Å². The van der Waals surface area contributed by atoms with Gasteiger partial charge in [0.15, 0.2) is 5.82 Å². The van der Waals surface area contributed by atoms with Gasteiger partial charge in [-0.05, 0) is 24.6 Å². The van der Waals surface area contributed by atoms with E-state index in [1.807, 2.05) is 25.1 Å². The Balaban J connectivity index is 2.75. The maximum absolute atomic E-state index is 10.0. The van der Waals surface area contributed by atoms with Gasteiger partial charge in [-0.15, -0.1) is 4.99 Å². The monoisotopic (exact) mass is 173 g/mol. The number of aryl methyl sites for hydroxylation is 1. The normalized spacial score (nSPS) is 9.92. The first-order chi connectivity index (χ1) is 6.31. The van der Waals surface area contributed by atoms with Crippen molar-refractivity contribution in [2.24, 2.45) is 4.99 Å². The van der Waals surface area contributed by atoms with Crippen LogP contribution in [0.15, 0.2) is 23.2 Å². The van der Waals surface area contributed by atoms with Crippen molar-refractivity contribution >= 4 is 22.8 Å². The zero-order valence-electron chi connectivity index (χ0n) is 7.03. The summed E-state index contributed by atoms with van der Waals surface area (Å²) in [4.78, 5) is 13.5. The molecule has 1 aromatic carbocycles. The van der Waals surface area contributed by atoms with Gasteiger partial charge < -0.3 is 0 Å². The van der Waals surface area contributed by atoms with Gasteiger partial charge in [-0.3, -0.25) is 5.10 Å². The van der Waals surface area contributed by atoms with Crippen molar-refractivity contribution in [1.82, 2.24) is 10.2 Å². The van der Waals surface area contributed by atoms with Crippen molar-refractivity contribution in [2.75, 3.05) is 0 Å². The molecule has 0 saturated heterocycles. The molecule has 0 bridgehead atoms. The molecule has 13 heavy (non-hydrogen) atoms. The summed E-state index contributed by atoms with van der Waals surface area (Å²) in [5, 5.41) is 7.50. The van der Waals surface area contributed by atoms with Crippen LogP contribution in [0.4, 0.5) is 5.82 Å². The third-order valence-electron chi connectivity index (χ3n) is 1.85. The fraction of sp³-hybridized carbons (Fsp3) is 0.111. The van der Waals surface area contributed by atoms with Gasteiger partial charge in [-0.2, -0.15) is 5.10 Å². The highest BCUT2D eigenvalue weighted by molar-refractivity contribution is 5.89. The number of carbonyl (C=O) groups excluding carboxylic acids is 1. The van der Waals surface area contributed by atoms with Gasteiger partial charge in [0.1, 0.15) is 0 Å². The third kappa shape index (κ3) is 1.23. The third-order valence-corrected chi connectivity index (χ3v) is 1.85. The summed E-state index contributed by atoms with van der Waals surface area (Å²) >= 11 is 0. The van der Waals surface area contributed by atoms with E-state index in [2.05, 4.69) is 15.2 Å². The van der Waals surface area contributed by atoms with E-state index in [0.717, 1.165) is 16.5 Å². The van der Waals surface area contributed by atoms with Crippen molar-refractivity contribution in [1.29, 1.82) is 0 Å². The molecule has 0 aliphatic rings. The summed E-state index contributed by atoms with van der Waals surface area (Å²) in [6, 6.07) is 5.75. The van der Waals surface area contributed by atoms with Crippen molar-refractivity contribution in [2.45, 2.75) is 6.92 Å². The number of benzene rings is 1. The minimum atomic E-state index is 0.463. The average molecular weight is 173 g/mol. The molecule has 0 atom stereocenters. The van der Waals surface area contributed by atoms with E-state index in [4.69, 9.17) is 0 Å². The van der Waals surface area contributed by atoms with Gasteiger partial charge in [0.05, 0.1) is 5.52 Å². The van der Waals surface area contributed by atoms with Gasteiger partial charge in [0, 0.05) is 5.39 Å². The lowest BCUT2D eigenvalue weighted by Crippen LogP contribution is -1.71. The smallest absolute Gasteiger partial charge is 0.242 e. The maximum Gasteiger partial charge on any atom is 0.242 e. The van der Waals surface area contributed by atoms with Gasteiger partial charge in [0.25, 0.3) is 0 Å². The number of fused-ring (bicyclic) bond motifs is 1. The number of aromatic amines is 1. The summed E-state index contributed by atoms with van der Waals surface area (Å²) in [6.07, 6.45) is 1.48. The van der Waals surface area contributed by atoms with Crippen LogP contribution in [0.25, 0.3) is 10.9 Å². The summed E-state index contributed by atoms with van der Waals surface area (Å²) in [5.74, 6) is 0.463. The molecule has 1 aromatic heterocycles. The topological polar surface area (TPSA) is 58.1 Å². The second kappa shape index (κ2) is 2.84. The average Bonchev–Trinajstić information content (AvgIpc) is 2.49. The number of hydrogen-bond donors (Lipinski definition) is 1. The molecule has 0 spiro atoms. The zero-order valence-corrected chi connectivity index (χ0v) is 7.03. The molecule has 64 valence electrons. The largest absolute Gasteiger partial charge is 0.259 e. The van der Waals surface area contributed by atoms with Crippen LogP contribution >= 0.6 is 0 Å². The number of rotatable bonds is 1. The molecule has 1 heterocycles.